The molecule has 0 saturated carbocycles. The summed E-state index contributed by atoms with van der Waals surface area (Å²) in [5.74, 6) is 1.36. The summed E-state index contributed by atoms with van der Waals surface area (Å²) in [5, 5.41) is 12.7. The van der Waals surface area contributed by atoms with Crippen LogP contribution in [-0.2, 0) is 17.9 Å². The van der Waals surface area contributed by atoms with Gasteiger partial charge in [0.05, 0.1) is 16.5 Å². The van der Waals surface area contributed by atoms with Crippen molar-refractivity contribution in [3.05, 3.63) is 76.0 Å². The van der Waals surface area contributed by atoms with Crippen molar-refractivity contribution in [3.63, 3.8) is 0 Å². The minimum atomic E-state index is -0.213. The van der Waals surface area contributed by atoms with Crippen LogP contribution in [0.1, 0.15) is 17.0 Å². The second-order valence-electron chi connectivity index (χ2n) is 6.79. The second kappa shape index (κ2) is 10.7. The maximum Gasteiger partial charge on any atom is 0.234 e. The van der Waals surface area contributed by atoms with E-state index in [-0.39, 0.29) is 18.3 Å². The highest BCUT2D eigenvalue weighted by atomic mass is 35.5. The fourth-order valence-electron chi connectivity index (χ4n) is 2.70. The number of rotatable bonds is 9. The number of carbonyl (C=O) groups is 1. The highest BCUT2D eigenvalue weighted by Gasteiger charge is 2.15. The van der Waals surface area contributed by atoms with Gasteiger partial charge in [-0.25, -0.2) is 0 Å². The van der Waals surface area contributed by atoms with Crippen molar-refractivity contribution in [1.29, 1.82) is 0 Å². The fraction of sp³-hybridized carbons (Fsp3) is 0.227. The predicted molar refractivity (Wildman–Crippen MR) is 126 cm³/mol. The third-order valence-corrected chi connectivity index (χ3v) is 6.00. The molecule has 3 aromatic rings. The first-order valence-electron chi connectivity index (χ1n) is 9.48. The fourth-order valence-corrected chi connectivity index (χ4v) is 3.93. The van der Waals surface area contributed by atoms with Crippen molar-refractivity contribution in [1.82, 2.24) is 14.8 Å². The molecule has 0 atom stereocenters. The minimum Gasteiger partial charge on any atom is -0.486 e. The van der Waals surface area contributed by atoms with E-state index in [2.05, 4.69) is 29.0 Å². The second-order valence-corrected chi connectivity index (χ2v) is 8.58. The van der Waals surface area contributed by atoms with Crippen LogP contribution in [0, 0.1) is 13.8 Å². The Balaban J connectivity index is 1.63. The van der Waals surface area contributed by atoms with Crippen LogP contribution in [0.15, 0.2) is 54.2 Å². The Kier molecular flexibility index (Phi) is 8.01. The summed E-state index contributed by atoms with van der Waals surface area (Å²) in [6.07, 6.45) is 1.75. The molecule has 0 aliphatic carbocycles. The Morgan fingerprint density at radius 1 is 1.19 bits per heavy atom. The van der Waals surface area contributed by atoms with Gasteiger partial charge < -0.3 is 10.1 Å². The third-order valence-electron chi connectivity index (χ3n) is 4.49. The number of amides is 1. The van der Waals surface area contributed by atoms with Crippen LogP contribution >= 0.6 is 35.0 Å². The lowest BCUT2D eigenvalue weighted by Gasteiger charge is -2.10. The third kappa shape index (κ3) is 6.26. The number of hydrogen-bond donors (Lipinski definition) is 1. The van der Waals surface area contributed by atoms with Gasteiger partial charge in [0.1, 0.15) is 12.4 Å². The summed E-state index contributed by atoms with van der Waals surface area (Å²) in [6, 6.07) is 10.8. The van der Waals surface area contributed by atoms with Gasteiger partial charge in [-0.3, -0.25) is 9.36 Å². The molecule has 0 saturated heterocycles. The molecule has 0 spiro atoms. The summed E-state index contributed by atoms with van der Waals surface area (Å²) >= 11 is 13.3. The Hall–Kier alpha value is -2.48. The van der Waals surface area contributed by atoms with Gasteiger partial charge in [0.25, 0.3) is 0 Å². The van der Waals surface area contributed by atoms with E-state index in [0.717, 1.165) is 11.3 Å². The lowest BCUT2D eigenvalue weighted by molar-refractivity contribution is -0.113. The van der Waals surface area contributed by atoms with Gasteiger partial charge in [-0.1, -0.05) is 47.1 Å². The van der Waals surface area contributed by atoms with E-state index in [9.17, 15) is 4.79 Å². The average Bonchev–Trinajstić information content (AvgIpc) is 3.11. The van der Waals surface area contributed by atoms with Gasteiger partial charge in [0.2, 0.25) is 5.91 Å². The summed E-state index contributed by atoms with van der Waals surface area (Å²) < 4.78 is 7.76. The quantitative estimate of drug-likeness (QED) is 0.316. The maximum absolute atomic E-state index is 12.3. The van der Waals surface area contributed by atoms with Crippen LogP contribution in [0.2, 0.25) is 10.0 Å². The molecule has 31 heavy (non-hydrogen) atoms. The molecule has 9 heteroatoms. The molecule has 0 fully saturated rings. The van der Waals surface area contributed by atoms with Crippen molar-refractivity contribution in [2.24, 2.45) is 0 Å². The van der Waals surface area contributed by atoms with E-state index in [1.165, 1.54) is 17.3 Å². The number of allylic oxidation sites excluding steroid dienone is 1. The zero-order valence-electron chi connectivity index (χ0n) is 17.2. The molecular weight excluding hydrogens is 455 g/mol. The molecule has 1 amide bonds. The van der Waals surface area contributed by atoms with Crippen molar-refractivity contribution in [2.45, 2.75) is 32.2 Å². The number of carbonyl (C=O) groups excluding carboxylic acids is 1. The summed E-state index contributed by atoms with van der Waals surface area (Å²) in [7, 11) is 0. The number of hydrogen-bond acceptors (Lipinski definition) is 5. The van der Waals surface area contributed by atoms with Crippen LogP contribution < -0.4 is 10.1 Å². The lowest BCUT2D eigenvalue weighted by Crippen LogP contribution is -2.15. The zero-order valence-corrected chi connectivity index (χ0v) is 19.5. The first-order valence-corrected chi connectivity index (χ1v) is 11.2. The Labute approximate surface area is 195 Å². The maximum atomic E-state index is 12.3. The lowest BCUT2D eigenvalue weighted by atomic mass is 10.1. The van der Waals surface area contributed by atoms with E-state index in [4.69, 9.17) is 27.9 Å². The van der Waals surface area contributed by atoms with Crippen LogP contribution in [-0.4, -0.2) is 26.4 Å². The standard InChI is InChI=1S/C22H22Cl2N4O2S/c1-4-9-28-20(12-30-17-7-5-14(2)15(3)10-17)26-27-22(28)31-13-21(29)25-19-8-6-16(23)11-18(19)24/h4-8,10-11H,1,9,12-13H2,2-3H3,(H,25,29). The van der Waals surface area contributed by atoms with E-state index >= 15 is 0 Å². The number of ether oxygens (including phenoxy) is 1. The van der Waals surface area contributed by atoms with E-state index in [1.54, 1.807) is 24.3 Å². The summed E-state index contributed by atoms with van der Waals surface area (Å²) in [6.45, 7) is 8.66. The van der Waals surface area contributed by atoms with Gasteiger partial charge in [0, 0.05) is 11.6 Å². The number of nitrogens with zero attached hydrogens (tertiary/aromatic N) is 3. The molecule has 162 valence electrons. The first kappa shape index (κ1) is 23.2. The van der Waals surface area contributed by atoms with E-state index < -0.39 is 0 Å². The molecule has 1 heterocycles. The van der Waals surface area contributed by atoms with Crippen LogP contribution in [0.3, 0.4) is 0 Å². The largest absolute Gasteiger partial charge is 0.486 e. The van der Waals surface area contributed by atoms with Gasteiger partial charge in [-0.15, -0.1) is 16.8 Å². The number of aromatic nitrogens is 3. The molecule has 1 aromatic heterocycles. The molecule has 0 aliphatic heterocycles. The van der Waals surface area contributed by atoms with Crippen LogP contribution in [0.5, 0.6) is 5.75 Å². The molecular formula is C22H22Cl2N4O2S. The van der Waals surface area contributed by atoms with Crippen molar-refractivity contribution < 1.29 is 9.53 Å². The summed E-state index contributed by atoms with van der Waals surface area (Å²) in [4.78, 5) is 12.3. The molecule has 2 aromatic carbocycles. The van der Waals surface area contributed by atoms with Gasteiger partial charge >= 0.3 is 0 Å². The van der Waals surface area contributed by atoms with Gasteiger partial charge in [-0.05, 0) is 55.3 Å². The molecule has 0 radical (unpaired) electrons. The first-order chi connectivity index (χ1) is 14.9. The number of benzene rings is 2. The van der Waals surface area contributed by atoms with E-state index in [1.807, 2.05) is 29.7 Å². The number of halogens is 2. The molecule has 6 nitrogen and oxygen atoms in total. The highest BCUT2D eigenvalue weighted by Crippen LogP contribution is 2.26. The average molecular weight is 477 g/mol. The summed E-state index contributed by atoms with van der Waals surface area (Å²) in [5.41, 5.74) is 2.87. The molecule has 3 rings (SSSR count). The predicted octanol–water partition coefficient (Wildman–Crippen LogP) is 5.70. The Morgan fingerprint density at radius 2 is 2.00 bits per heavy atom. The normalized spacial score (nSPS) is 10.7. The monoisotopic (exact) mass is 476 g/mol. The molecule has 0 aliphatic rings. The number of thioether (sulfide) groups is 1. The SMILES string of the molecule is C=CCn1c(COc2ccc(C)c(C)c2)nnc1SCC(=O)Nc1ccc(Cl)cc1Cl. The molecule has 0 unspecified atom stereocenters. The molecule has 1 N–H and O–H groups in total. The van der Waals surface area contributed by atoms with Crippen LogP contribution in [0.25, 0.3) is 0 Å². The van der Waals surface area contributed by atoms with Gasteiger partial charge in [-0.2, -0.15) is 0 Å². The topological polar surface area (TPSA) is 69.0 Å². The smallest absolute Gasteiger partial charge is 0.234 e. The van der Waals surface area contributed by atoms with Crippen LogP contribution in [0.4, 0.5) is 5.69 Å². The van der Waals surface area contributed by atoms with Crippen molar-refractivity contribution >= 4 is 46.6 Å². The van der Waals surface area contributed by atoms with E-state index in [0.29, 0.717) is 33.3 Å². The van der Waals surface area contributed by atoms with Crippen molar-refractivity contribution in [2.75, 3.05) is 11.1 Å². The number of nitrogens with one attached hydrogen (secondary N) is 1. The number of aryl methyl sites for hydroxylation is 2. The Morgan fingerprint density at radius 3 is 2.71 bits per heavy atom. The molecule has 0 bridgehead atoms. The zero-order chi connectivity index (χ0) is 22.4. The number of anilines is 1. The minimum absolute atomic E-state index is 0.145. The highest BCUT2D eigenvalue weighted by molar-refractivity contribution is 7.99. The van der Waals surface area contributed by atoms with Crippen molar-refractivity contribution in [3.8, 4) is 5.75 Å². The Bertz CT molecular complexity index is 1100. The van der Waals surface area contributed by atoms with Gasteiger partial charge in [0.15, 0.2) is 11.0 Å².